The lowest BCUT2D eigenvalue weighted by Crippen LogP contribution is -2.25. The number of rotatable bonds is 6. The van der Waals surface area contributed by atoms with E-state index in [4.69, 9.17) is 23.2 Å². The number of benzene rings is 1. The minimum atomic E-state index is -3.58. The Morgan fingerprint density at radius 1 is 1.28 bits per heavy atom. The molecular formula is C12H17Cl2NO2S. The Kier molecular flexibility index (Phi) is 5.92. The molecule has 0 saturated carbocycles. The Bertz CT molecular complexity index is 501. The van der Waals surface area contributed by atoms with Crippen LogP contribution >= 0.6 is 23.2 Å². The first-order valence-electron chi connectivity index (χ1n) is 5.77. The molecule has 0 fully saturated rings. The second-order valence-corrected chi connectivity index (χ2v) is 7.09. The van der Waals surface area contributed by atoms with Crippen LogP contribution in [0.15, 0.2) is 23.1 Å². The van der Waals surface area contributed by atoms with E-state index in [0.717, 1.165) is 12.8 Å². The van der Waals surface area contributed by atoms with E-state index in [1.807, 2.05) is 0 Å². The Labute approximate surface area is 119 Å². The second-order valence-electron chi connectivity index (χ2n) is 4.51. The summed E-state index contributed by atoms with van der Waals surface area (Å²) in [7, 11) is -3.58. The van der Waals surface area contributed by atoms with Crippen LogP contribution in [0.5, 0.6) is 0 Å². The Hall–Kier alpha value is -0.290. The minimum absolute atomic E-state index is 0.0289. The van der Waals surface area contributed by atoms with E-state index in [0.29, 0.717) is 17.5 Å². The molecule has 0 aromatic heterocycles. The molecule has 0 aliphatic carbocycles. The van der Waals surface area contributed by atoms with Crippen molar-refractivity contribution in [1.29, 1.82) is 0 Å². The zero-order valence-corrected chi connectivity index (χ0v) is 12.7. The van der Waals surface area contributed by atoms with Gasteiger partial charge in [-0.3, -0.25) is 0 Å². The molecule has 102 valence electrons. The van der Waals surface area contributed by atoms with E-state index in [9.17, 15) is 8.42 Å². The molecule has 1 rings (SSSR count). The quantitative estimate of drug-likeness (QED) is 0.814. The molecule has 0 atom stereocenters. The Balaban J connectivity index is 2.71. The van der Waals surface area contributed by atoms with Crippen LogP contribution in [0.4, 0.5) is 0 Å². The van der Waals surface area contributed by atoms with Gasteiger partial charge < -0.3 is 0 Å². The average molecular weight is 310 g/mol. The number of nitrogens with one attached hydrogen (secondary N) is 1. The van der Waals surface area contributed by atoms with Crippen molar-refractivity contribution in [2.75, 3.05) is 6.54 Å². The summed E-state index contributed by atoms with van der Waals surface area (Å²) < 4.78 is 26.5. The Morgan fingerprint density at radius 2 is 1.94 bits per heavy atom. The van der Waals surface area contributed by atoms with Crippen molar-refractivity contribution < 1.29 is 8.42 Å². The van der Waals surface area contributed by atoms with Crippen LogP contribution in [0.1, 0.15) is 26.7 Å². The average Bonchev–Trinajstić information content (AvgIpc) is 2.27. The molecule has 0 aliphatic rings. The maximum atomic E-state index is 12.0. The molecule has 0 bridgehead atoms. The smallest absolute Gasteiger partial charge is 0.211 e. The molecule has 0 heterocycles. The van der Waals surface area contributed by atoms with E-state index in [-0.39, 0.29) is 9.92 Å². The lowest BCUT2D eigenvalue weighted by atomic mass is 10.1. The van der Waals surface area contributed by atoms with Crippen molar-refractivity contribution in [2.24, 2.45) is 5.92 Å². The van der Waals surface area contributed by atoms with E-state index in [1.165, 1.54) is 12.1 Å². The predicted octanol–water partition coefficient (Wildman–Crippen LogP) is 3.71. The van der Waals surface area contributed by atoms with Gasteiger partial charge in [0.25, 0.3) is 0 Å². The highest BCUT2D eigenvalue weighted by atomic mass is 35.5. The fourth-order valence-corrected chi connectivity index (χ4v) is 3.31. The lowest BCUT2D eigenvalue weighted by molar-refractivity contribution is 0.540. The van der Waals surface area contributed by atoms with Gasteiger partial charge in [0.2, 0.25) is 10.0 Å². The van der Waals surface area contributed by atoms with Crippen molar-refractivity contribution in [1.82, 2.24) is 4.72 Å². The maximum absolute atomic E-state index is 12.0. The van der Waals surface area contributed by atoms with Crippen molar-refractivity contribution in [3.05, 3.63) is 28.2 Å². The standard InChI is InChI=1S/C12H17Cl2NO2S/c1-9(2)4-3-7-15-18(16,17)12-8-10(13)5-6-11(12)14/h5-6,8-9,15H,3-4,7H2,1-2H3. The molecule has 0 saturated heterocycles. The normalized spacial score (nSPS) is 12.1. The molecule has 18 heavy (non-hydrogen) atoms. The number of hydrogen-bond acceptors (Lipinski definition) is 2. The summed E-state index contributed by atoms with van der Waals surface area (Å²) >= 11 is 11.6. The van der Waals surface area contributed by atoms with Gasteiger partial charge in [0, 0.05) is 11.6 Å². The first kappa shape index (κ1) is 15.8. The van der Waals surface area contributed by atoms with Gasteiger partial charge in [-0.1, -0.05) is 37.0 Å². The van der Waals surface area contributed by atoms with Gasteiger partial charge in [0.15, 0.2) is 0 Å². The highest BCUT2D eigenvalue weighted by Crippen LogP contribution is 2.24. The van der Waals surface area contributed by atoms with Crippen LogP contribution < -0.4 is 4.72 Å². The summed E-state index contributed by atoms with van der Waals surface area (Å²) in [6, 6.07) is 4.39. The maximum Gasteiger partial charge on any atom is 0.242 e. The van der Waals surface area contributed by atoms with E-state index in [2.05, 4.69) is 18.6 Å². The fourth-order valence-electron chi connectivity index (χ4n) is 1.48. The third-order valence-corrected chi connectivity index (χ3v) is 4.61. The molecule has 0 radical (unpaired) electrons. The van der Waals surface area contributed by atoms with Crippen LogP contribution in [0.25, 0.3) is 0 Å². The van der Waals surface area contributed by atoms with Gasteiger partial charge in [-0.25, -0.2) is 13.1 Å². The van der Waals surface area contributed by atoms with E-state index >= 15 is 0 Å². The fraction of sp³-hybridized carbons (Fsp3) is 0.500. The van der Waals surface area contributed by atoms with E-state index in [1.54, 1.807) is 6.07 Å². The van der Waals surface area contributed by atoms with Gasteiger partial charge in [-0.15, -0.1) is 0 Å². The monoisotopic (exact) mass is 309 g/mol. The van der Waals surface area contributed by atoms with Gasteiger partial charge >= 0.3 is 0 Å². The van der Waals surface area contributed by atoms with E-state index < -0.39 is 10.0 Å². The zero-order valence-electron chi connectivity index (χ0n) is 10.4. The van der Waals surface area contributed by atoms with Gasteiger partial charge in [-0.2, -0.15) is 0 Å². The summed E-state index contributed by atoms with van der Waals surface area (Å²) in [5.74, 6) is 0.560. The third kappa shape index (κ3) is 4.76. The molecule has 1 N–H and O–H groups in total. The van der Waals surface area contributed by atoms with Crippen molar-refractivity contribution in [2.45, 2.75) is 31.6 Å². The second kappa shape index (κ2) is 6.75. The van der Waals surface area contributed by atoms with Gasteiger partial charge in [0.1, 0.15) is 4.90 Å². The Morgan fingerprint density at radius 3 is 2.56 bits per heavy atom. The van der Waals surface area contributed by atoms with Crippen molar-refractivity contribution in [3.63, 3.8) is 0 Å². The summed E-state index contributed by atoms with van der Waals surface area (Å²) in [6.45, 7) is 4.61. The minimum Gasteiger partial charge on any atom is -0.211 e. The lowest BCUT2D eigenvalue weighted by Gasteiger charge is -2.09. The highest BCUT2D eigenvalue weighted by molar-refractivity contribution is 7.89. The SMILES string of the molecule is CC(C)CCCNS(=O)(=O)c1cc(Cl)ccc1Cl. The van der Waals surface area contributed by atoms with Crippen LogP contribution in [-0.4, -0.2) is 15.0 Å². The van der Waals surface area contributed by atoms with Crippen molar-refractivity contribution >= 4 is 33.2 Å². The third-order valence-electron chi connectivity index (χ3n) is 2.43. The van der Waals surface area contributed by atoms with Crippen LogP contribution in [0.2, 0.25) is 10.0 Å². The first-order valence-corrected chi connectivity index (χ1v) is 8.01. The molecule has 6 heteroatoms. The summed E-state index contributed by atoms with van der Waals surface area (Å²) in [4.78, 5) is 0.0289. The summed E-state index contributed by atoms with van der Waals surface area (Å²) in [6.07, 6.45) is 1.78. The van der Waals surface area contributed by atoms with Gasteiger partial charge in [-0.05, 0) is 37.0 Å². The predicted molar refractivity (Wildman–Crippen MR) is 75.7 cm³/mol. The van der Waals surface area contributed by atoms with Gasteiger partial charge in [0.05, 0.1) is 5.02 Å². The molecule has 0 spiro atoms. The van der Waals surface area contributed by atoms with Crippen LogP contribution in [0.3, 0.4) is 0 Å². The van der Waals surface area contributed by atoms with Crippen LogP contribution in [0, 0.1) is 5.92 Å². The molecule has 0 amide bonds. The number of sulfonamides is 1. The molecule has 1 aromatic carbocycles. The molecule has 0 aliphatic heterocycles. The van der Waals surface area contributed by atoms with Crippen molar-refractivity contribution in [3.8, 4) is 0 Å². The molecule has 1 aromatic rings. The highest BCUT2D eigenvalue weighted by Gasteiger charge is 2.17. The summed E-state index contributed by atoms with van der Waals surface area (Å²) in [5.41, 5.74) is 0. The molecule has 3 nitrogen and oxygen atoms in total. The number of halogens is 2. The first-order chi connectivity index (χ1) is 8.33. The topological polar surface area (TPSA) is 46.2 Å². The molecular weight excluding hydrogens is 293 g/mol. The summed E-state index contributed by atoms with van der Waals surface area (Å²) in [5, 5.41) is 0.526. The largest absolute Gasteiger partial charge is 0.242 e. The zero-order chi connectivity index (χ0) is 13.8. The van der Waals surface area contributed by atoms with Crippen LogP contribution in [-0.2, 0) is 10.0 Å². The molecule has 0 unspecified atom stereocenters. The number of hydrogen-bond donors (Lipinski definition) is 1.